The second-order valence-corrected chi connectivity index (χ2v) is 11.3. The summed E-state index contributed by atoms with van der Waals surface area (Å²) >= 11 is 0. The lowest BCUT2D eigenvalue weighted by Gasteiger charge is -2.46. The zero-order chi connectivity index (χ0) is 23.8. The van der Waals surface area contributed by atoms with E-state index in [1.807, 2.05) is 18.7 Å². The first-order valence-electron chi connectivity index (χ1n) is 10.9. The van der Waals surface area contributed by atoms with Crippen LogP contribution in [0.1, 0.15) is 39.5 Å². The van der Waals surface area contributed by atoms with Gasteiger partial charge in [0.15, 0.2) is 9.84 Å². The van der Waals surface area contributed by atoms with Crippen LogP contribution < -0.4 is 4.90 Å². The van der Waals surface area contributed by atoms with Crippen molar-refractivity contribution in [2.75, 3.05) is 30.8 Å². The maximum Gasteiger partial charge on any atom is 0.391 e. The van der Waals surface area contributed by atoms with Crippen molar-refractivity contribution < 1.29 is 30.8 Å². The molecule has 1 saturated carbocycles. The minimum Gasteiger partial charge on any atom is -0.368 e. The van der Waals surface area contributed by atoms with E-state index >= 15 is 0 Å². The van der Waals surface area contributed by atoms with E-state index < -0.39 is 33.7 Å². The number of hydrogen-bond acceptors (Lipinski definition) is 4. The molecule has 32 heavy (non-hydrogen) atoms. The largest absolute Gasteiger partial charge is 0.391 e. The number of sulfone groups is 1. The summed E-state index contributed by atoms with van der Waals surface area (Å²) in [7, 11) is -3.72. The standard InChI is InChI=1S/C22H30F4N2O3S/c1-14(2)19-13-27(17-8-9-18(23)20(12-17)32(3,30)31)10-11-28(19)21(29)15-4-6-16(7-5-15)22(24,25)26/h8-9,12,14-16,19H,4-7,10-11,13H2,1-3H3/t15?,16?,19-/m0/s1. The summed E-state index contributed by atoms with van der Waals surface area (Å²) in [6.45, 7) is 5.20. The summed E-state index contributed by atoms with van der Waals surface area (Å²) in [6, 6.07) is 3.80. The van der Waals surface area contributed by atoms with Crippen LogP contribution in [0.4, 0.5) is 23.2 Å². The molecule has 5 nitrogen and oxygen atoms in total. The number of anilines is 1. The molecule has 1 aliphatic carbocycles. The maximum atomic E-state index is 14.0. The summed E-state index contributed by atoms with van der Waals surface area (Å²) in [5, 5.41) is 0. The highest BCUT2D eigenvalue weighted by Crippen LogP contribution is 2.40. The number of piperazine rings is 1. The Kier molecular flexibility index (Phi) is 7.12. The van der Waals surface area contributed by atoms with Crippen molar-refractivity contribution >= 4 is 21.4 Å². The van der Waals surface area contributed by atoms with E-state index in [2.05, 4.69) is 0 Å². The van der Waals surface area contributed by atoms with E-state index in [1.165, 1.54) is 12.1 Å². The predicted molar refractivity (Wildman–Crippen MR) is 114 cm³/mol. The lowest BCUT2D eigenvalue weighted by atomic mass is 9.80. The fourth-order valence-corrected chi connectivity index (χ4v) is 5.52. The van der Waals surface area contributed by atoms with E-state index in [1.54, 1.807) is 4.90 Å². The van der Waals surface area contributed by atoms with Gasteiger partial charge in [-0.2, -0.15) is 13.2 Å². The van der Waals surface area contributed by atoms with Gasteiger partial charge in [-0.3, -0.25) is 4.79 Å². The third kappa shape index (κ3) is 5.38. The first kappa shape index (κ1) is 24.8. The normalized spacial score (nSPS) is 25.3. The molecule has 3 rings (SSSR count). The summed E-state index contributed by atoms with van der Waals surface area (Å²) in [5.41, 5.74) is 0.565. The number of amides is 1. The average Bonchev–Trinajstić information content (AvgIpc) is 2.71. The minimum atomic E-state index is -4.21. The van der Waals surface area contributed by atoms with Gasteiger partial charge in [0, 0.05) is 37.5 Å². The Balaban J connectivity index is 1.73. The monoisotopic (exact) mass is 478 g/mol. The van der Waals surface area contributed by atoms with Gasteiger partial charge in [0.2, 0.25) is 5.91 Å². The summed E-state index contributed by atoms with van der Waals surface area (Å²) in [4.78, 5) is 16.5. The molecule has 1 aromatic rings. The highest BCUT2D eigenvalue weighted by molar-refractivity contribution is 7.90. The van der Waals surface area contributed by atoms with Crippen molar-refractivity contribution in [2.45, 2.75) is 56.6 Å². The topological polar surface area (TPSA) is 57.7 Å². The Labute approximate surface area is 186 Å². The molecule has 1 amide bonds. The molecule has 180 valence electrons. The first-order valence-corrected chi connectivity index (χ1v) is 12.8. The van der Waals surface area contributed by atoms with Gasteiger partial charge < -0.3 is 9.80 Å². The molecule has 2 fully saturated rings. The summed E-state index contributed by atoms with van der Waals surface area (Å²) in [6.07, 6.45) is -2.81. The number of halogens is 4. The number of carbonyl (C=O) groups is 1. The molecule has 0 radical (unpaired) electrons. The van der Waals surface area contributed by atoms with E-state index in [0.29, 0.717) is 25.3 Å². The molecule has 0 bridgehead atoms. The van der Waals surface area contributed by atoms with Crippen LogP contribution in [0.3, 0.4) is 0 Å². The van der Waals surface area contributed by atoms with E-state index in [4.69, 9.17) is 0 Å². The Bertz CT molecular complexity index is 941. The molecular weight excluding hydrogens is 448 g/mol. The van der Waals surface area contributed by atoms with Gasteiger partial charge in [-0.25, -0.2) is 12.8 Å². The molecule has 0 aromatic heterocycles. The Morgan fingerprint density at radius 3 is 2.25 bits per heavy atom. The smallest absolute Gasteiger partial charge is 0.368 e. The molecular formula is C22H30F4N2O3S. The third-order valence-electron chi connectivity index (χ3n) is 6.69. The number of alkyl halides is 3. The van der Waals surface area contributed by atoms with Crippen LogP contribution in [-0.2, 0) is 14.6 Å². The van der Waals surface area contributed by atoms with Crippen LogP contribution in [0.25, 0.3) is 0 Å². The highest BCUT2D eigenvalue weighted by atomic mass is 32.2. The number of rotatable bonds is 4. The summed E-state index contributed by atoms with van der Waals surface area (Å²) < 4.78 is 76.6. The lowest BCUT2D eigenvalue weighted by molar-refractivity contribution is -0.185. The van der Waals surface area contributed by atoms with E-state index in [9.17, 15) is 30.8 Å². The van der Waals surface area contributed by atoms with Crippen molar-refractivity contribution in [1.82, 2.24) is 4.90 Å². The number of hydrogen-bond donors (Lipinski definition) is 0. The van der Waals surface area contributed by atoms with Crippen LogP contribution in [0, 0.1) is 23.6 Å². The molecule has 10 heteroatoms. The molecule has 2 aliphatic rings. The highest BCUT2D eigenvalue weighted by Gasteiger charge is 2.44. The molecule has 1 atom stereocenters. The molecule has 0 spiro atoms. The van der Waals surface area contributed by atoms with E-state index in [-0.39, 0.29) is 48.4 Å². The quantitative estimate of drug-likeness (QED) is 0.607. The Hall–Kier alpha value is -1.84. The van der Waals surface area contributed by atoms with Gasteiger partial charge in [-0.1, -0.05) is 13.8 Å². The number of benzene rings is 1. The van der Waals surface area contributed by atoms with Crippen molar-refractivity contribution in [3.8, 4) is 0 Å². The maximum absolute atomic E-state index is 14.0. The van der Waals surface area contributed by atoms with Gasteiger partial charge >= 0.3 is 6.18 Å². The average molecular weight is 479 g/mol. The van der Waals surface area contributed by atoms with E-state index in [0.717, 1.165) is 12.3 Å². The van der Waals surface area contributed by atoms with Gasteiger partial charge in [0.05, 0.1) is 12.0 Å². The van der Waals surface area contributed by atoms with Gasteiger partial charge in [-0.05, 0) is 49.8 Å². The lowest BCUT2D eigenvalue weighted by Crippen LogP contribution is -2.58. The summed E-state index contributed by atoms with van der Waals surface area (Å²) in [5.74, 6) is -2.54. The Morgan fingerprint density at radius 2 is 1.72 bits per heavy atom. The van der Waals surface area contributed by atoms with Crippen molar-refractivity contribution in [3.63, 3.8) is 0 Å². The number of nitrogens with zero attached hydrogens (tertiary/aromatic N) is 2. The predicted octanol–water partition coefficient (Wildman–Crippen LogP) is 4.27. The molecule has 1 aromatic carbocycles. The van der Waals surface area contributed by atoms with Gasteiger partial charge in [0.1, 0.15) is 10.7 Å². The minimum absolute atomic E-state index is 0.0178. The van der Waals surface area contributed by atoms with Crippen molar-refractivity contribution in [1.29, 1.82) is 0 Å². The number of carbonyl (C=O) groups excluding carboxylic acids is 1. The molecule has 1 saturated heterocycles. The van der Waals surface area contributed by atoms with Gasteiger partial charge in [-0.15, -0.1) is 0 Å². The fourth-order valence-electron chi connectivity index (χ4n) is 4.76. The van der Waals surface area contributed by atoms with Crippen molar-refractivity contribution in [3.05, 3.63) is 24.0 Å². The SMILES string of the molecule is CC(C)[C@@H]1CN(c2ccc(F)c(S(C)(=O)=O)c2)CCN1C(=O)C1CCC(C(F)(F)F)CC1. The molecule has 0 N–H and O–H groups in total. The first-order chi connectivity index (χ1) is 14.8. The molecule has 1 heterocycles. The van der Waals surface area contributed by atoms with Crippen LogP contribution in [0.2, 0.25) is 0 Å². The Morgan fingerprint density at radius 1 is 1.09 bits per heavy atom. The van der Waals surface area contributed by atoms with Crippen molar-refractivity contribution in [2.24, 2.45) is 17.8 Å². The zero-order valence-corrected chi connectivity index (χ0v) is 19.3. The third-order valence-corrected chi connectivity index (χ3v) is 7.80. The molecule has 0 unspecified atom stereocenters. The zero-order valence-electron chi connectivity index (χ0n) is 18.5. The van der Waals surface area contributed by atoms with Crippen LogP contribution >= 0.6 is 0 Å². The molecule has 1 aliphatic heterocycles. The van der Waals surface area contributed by atoms with Gasteiger partial charge in [0.25, 0.3) is 0 Å². The van der Waals surface area contributed by atoms with Crippen LogP contribution in [-0.4, -0.2) is 57.3 Å². The fraction of sp³-hybridized carbons (Fsp3) is 0.682. The second-order valence-electron chi connectivity index (χ2n) is 9.27. The van der Waals surface area contributed by atoms with Crippen LogP contribution in [0.5, 0.6) is 0 Å². The van der Waals surface area contributed by atoms with Crippen LogP contribution in [0.15, 0.2) is 23.1 Å². The second kappa shape index (κ2) is 9.19.